The average Bonchev–Trinajstić information content (AvgIpc) is 2.74. The molecule has 0 saturated carbocycles. The van der Waals surface area contributed by atoms with Crippen molar-refractivity contribution in [1.82, 2.24) is 9.78 Å². The molecule has 94 valence electrons. The van der Waals surface area contributed by atoms with Crippen LogP contribution in [0, 0.1) is 0 Å². The van der Waals surface area contributed by atoms with Crippen molar-refractivity contribution in [1.29, 1.82) is 0 Å². The van der Waals surface area contributed by atoms with E-state index in [2.05, 4.69) is 5.10 Å². The third kappa shape index (κ3) is 2.57. The number of hydrogen-bond donors (Lipinski definition) is 0. The summed E-state index contributed by atoms with van der Waals surface area (Å²) in [6.07, 6.45) is 0. The second-order valence-electron chi connectivity index (χ2n) is 3.14. The molecule has 0 atom stereocenters. The minimum absolute atomic E-state index is 0.0209. The second kappa shape index (κ2) is 5.36. The summed E-state index contributed by atoms with van der Waals surface area (Å²) in [5.74, 6) is -0.789. The van der Waals surface area contributed by atoms with Crippen molar-refractivity contribution in [3.8, 4) is 5.69 Å². The summed E-state index contributed by atoms with van der Waals surface area (Å²) in [5, 5.41) is 4.56. The maximum Gasteiger partial charge on any atom is 0.442 e. The molecule has 8 heteroatoms. The van der Waals surface area contributed by atoms with E-state index in [0.717, 1.165) is 10.2 Å². The minimum Gasteiger partial charge on any atom is -0.386 e. The van der Waals surface area contributed by atoms with Crippen LogP contribution in [0.4, 0.5) is 0 Å². The summed E-state index contributed by atoms with van der Waals surface area (Å²) in [4.78, 5) is 11.6. The summed E-state index contributed by atoms with van der Waals surface area (Å²) >= 11 is 22.7. The lowest BCUT2D eigenvalue weighted by Crippen LogP contribution is -2.13. The topological polar surface area (TPSA) is 48.0 Å². The summed E-state index contributed by atoms with van der Waals surface area (Å²) in [5.41, 5.74) is 1.45. The summed E-state index contributed by atoms with van der Waals surface area (Å²) < 4.78 is 5.83. The molecule has 0 spiro atoms. The standard InChI is InChI=1S/C10H4Cl4N2O2/c11-4-8(14)9-15-16(10(17)18-9)5-1-2-6(12)7(13)3-5/h1-4H/b8-4+. The average molecular weight is 326 g/mol. The third-order valence-electron chi connectivity index (χ3n) is 2.00. The fraction of sp³-hybridized carbons (Fsp3) is 0. The van der Waals surface area contributed by atoms with E-state index in [9.17, 15) is 4.79 Å². The van der Waals surface area contributed by atoms with Crippen molar-refractivity contribution in [2.75, 3.05) is 0 Å². The van der Waals surface area contributed by atoms with Gasteiger partial charge in [-0.1, -0.05) is 46.4 Å². The van der Waals surface area contributed by atoms with E-state index in [4.69, 9.17) is 50.8 Å². The summed E-state index contributed by atoms with van der Waals surface area (Å²) in [6, 6.07) is 4.59. The molecule has 0 amide bonds. The van der Waals surface area contributed by atoms with Crippen molar-refractivity contribution in [2.45, 2.75) is 0 Å². The van der Waals surface area contributed by atoms with Crippen LogP contribution in [0.15, 0.2) is 32.9 Å². The molecule has 0 unspecified atom stereocenters. The van der Waals surface area contributed by atoms with E-state index in [1.54, 1.807) is 12.1 Å². The van der Waals surface area contributed by atoms with Crippen LogP contribution in [0.3, 0.4) is 0 Å². The van der Waals surface area contributed by atoms with Gasteiger partial charge in [-0.15, -0.1) is 5.10 Å². The molecular formula is C10H4Cl4N2O2. The fourth-order valence-electron chi connectivity index (χ4n) is 1.20. The normalized spacial score (nSPS) is 11.9. The van der Waals surface area contributed by atoms with Crippen molar-refractivity contribution < 1.29 is 4.42 Å². The first-order valence-corrected chi connectivity index (χ1v) is 6.12. The van der Waals surface area contributed by atoms with Gasteiger partial charge in [0.1, 0.15) is 5.03 Å². The quantitative estimate of drug-likeness (QED) is 0.841. The van der Waals surface area contributed by atoms with Gasteiger partial charge >= 0.3 is 5.76 Å². The van der Waals surface area contributed by atoms with Gasteiger partial charge in [0.25, 0.3) is 5.89 Å². The van der Waals surface area contributed by atoms with Gasteiger partial charge in [0.2, 0.25) is 0 Å². The molecule has 4 nitrogen and oxygen atoms in total. The Kier molecular flexibility index (Phi) is 4.02. The zero-order chi connectivity index (χ0) is 13.3. The van der Waals surface area contributed by atoms with Crippen molar-refractivity contribution in [3.05, 3.63) is 50.2 Å². The Labute approximate surface area is 121 Å². The van der Waals surface area contributed by atoms with Crippen LogP contribution >= 0.6 is 46.4 Å². The van der Waals surface area contributed by atoms with Crippen LogP contribution in [0.2, 0.25) is 10.0 Å². The van der Waals surface area contributed by atoms with Gasteiger partial charge in [-0.05, 0) is 18.2 Å². The zero-order valence-corrected chi connectivity index (χ0v) is 11.6. The number of benzene rings is 1. The smallest absolute Gasteiger partial charge is 0.386 e. The van der Waals surface area contributed by atoms with Crippen molar-refractivity contribution in [3.63, 3.8) is 0 Å². The Bertz CT molecular complexity index is 675. The molecule has 1 aromatic carbocycles. The first-order chi connectivity index (χ1) is 8.52. The third-order valence-corrected chi connectivity index (χ3v) is 3.34. The van der Waals surface area contributed by atoms with Crippen molar-refractivity contribution in [2.24, 2.45) is 0 Å². The lowest BCUT2D eigenvalue weighted by Gasteiger charge is -2.00. The first kappa shape index (κ1) is 13.5. The van der Waals surface area contributed by atoms with Crippen LogP contribution < -0.4 is 5.76 Å². The Morgan fingerprint density at radius 2 is 2.06 bits per heavy atom. The largest absolute Gasteiger partial charge is 0.442 e. The predicted octanol–water partition coefficient (Wildman–Crippen LogP) is 3.91. The molecule has 18 heavy (non-hydrogen) atoms. The lowest BCUT2D eigenvalue weighted by atomic mass is 10.3. The summed E-state index contributed by atoms with van der Waals surface area (Å²) in [6.45, 7) is 0. The number of nitrogens with zero attached hydrogens (tertiary/aromatic N) is 2. The molecule has 2 aromatic rings. The van der Waals surface area contributed by atoms with Crippen LogP contribution in [0.25, 0.3) is 10.7 Å². The second-order valence-corrected chi connectivity index (χ2v) is 4.58. The van der Waals surface area contributed by atoms with E-state index in [1.807, 2.05) is 0 Å². The number of hydrogen-bond acceptors (Lipinski definition) is 3. The van der Waals surface area contributed by atoms with E-state index < -0.39 is 5.76 Å². The van der Waals surface area contributed by atoms with E-state index in [-0.39, 0.29) is 10.9 Å². The van der Waals surface area contributed by atoms with Gasteiger partial charge < -0.3 is 4.42 Å². The highest BCUT2D eigenvalue weighted by Gasteiger charge is 2.13. The van der Waals surface area contributed by atoms with Gasteiger partial charge in [-0.2, -0.15) is 4.68 Å². The van der Waals surface area contributed by atoms with Gasteiger partial charge in [0.05, 0.1) is 15.7 Å². The maximum atomic E-state index is 11.6. The summed E-state index contributed by atoms with van der Waals surface area (Å²) in [7, 11) is 0. The molecule has 0 aliphatic heterocycles. The highest BCUT2D eigenvalue weighted by atomic mass is 35.5. The molecule has 0 fully saturated rings. The van der Waals surface area contributed by atoms with E-state index >= 15 is 0 Å². The van der Waals surface area contributed by atoms with Crippen LogP contribution in [-0.4, -0.2) is 9.78 Å². The highest BCUT2D eigenvalue weighted by molar-refractivity contribution is 6.52. The van der Waals surface area contributed by atoms with Gasteiger partial charge in [-0.25, -0.2) is 4.79 Å². The lowest BCUT2D eigenvalue weighted by molar-refractivity contribution is 0.494. The number of halogens is 4. The molecule has 0 bridgehead atoms. The molecule has 0 radical (unpaired) electrons. The molecule has 0 aliphatic carbocycles. The Balaban J connectivity index is 2.54. The minimum atomic E-state index is -0.708. The Morgan fingerprint density at radius 3 is 2.67 bits per heavy atom. The molecule has 2 rings (SSSR count). The van der Waals surface area contributed by atoms with E-state index in [1.165, 1.54) is 6.07 Å². The Morgan fingerprint density at radius 1 is 1.33 bits per heavy atom. The highest BCUT2D eigenvalue weighted by Crippen LogP contribution is 2.24. The van der Waals surface area contributed by atoms with Gasteiger partial charge in [-0.3, -0.25) is 0 Å². The van der Waals surface area contributed by atoms with Crippen LogP contribution in [0.1, 0.15) is 5.89 Å². The Hall–Kier alpha value is -0.940. The first-order valence-electron chi connectivity index (χ1n) is 4.55. The van der Waals surface area contributed by atoms with Crippen LogP contribution in [-0.2, 0) is 0 Å². The number of aromatic nitrogens is 2. The van der Waals surface area contributed by atoms with Gasteiger partial charge in [0.15, 0.2) is 0 Å². The monoisotopic (exact) mass is 324 g/mol. The zero-order valence-electron chi connectivity index (χ0n) is 8.53. The van der Waals surface area contributed by atoms with Crippen LogP contribution in [0.5, 0.6) is 0 Å². The fourth-order valence-corrected chi connectivity index (χ4v) is 1.66. The van der Waals surface area contributed by atoms with Gasteiger partial charge in [0, 0.05) is 5.54 Å². The molecule has 0 saturated heterocycles. The number of rotatable bonds is 2. The molecule has 1 heterocycles. The molecule has 1 aromatic heterocycles. The molecule has 0 aliphatic rings. The van der Waals surface area contributed by atoms with E-state index in [0.29, 0.717) is 15.7 Å². The molecule has 0 N–H and O–H groups in total. The maximum absolute atomic E-state index is 11.6. The van der Waals surface area contributed by atoms with Crippen molar-refractivity contribution >= 4 is 51.4 Å². The predicted molar refractivity (Wildman–Crippen MR) is 71.8 cm³/mol. The SMILES string of the molecule is O=c1oc(/C(Cl)=C\Cl)nn1-c1ccc(Cl)c(Cl)c1. The molecular weight excluding hydrogens is 322 g/mol.